The van der Waals surface area contributed by atoms with Crippen molar-refractivity contribution < 1.29 is 17.2 Å². The van der Waals surface area contributed by atoms with E-state index in [0.29, 0.717) is 17.5 Å². The van der Waals surface area contributed by atoms with Gasteiger partial charge in [-0.05, 0) is 56.2 Å². The predicted molar refractivity (Wildman–Crippen MR) is 115 cm³/mol. The molecule has 0 atom stereocenters. The number of benzene rings is 2. The lowest BCUT2D eigenvalue weighted by Crippen LogP contribution is -2.21. The van der Waals surface area contributed by atoms with Crippen molar-refractivity contribution in [2.45, 2.75) is 24.7 Å². The molecule has 1 aromatic heterocycles. The van der Waals surface area contributed by atoms with Gasteiger partial charge in [-0.1, -0.05) is 6.07 Å². The van der Waals surface area contributed by atoms with E-state index in [2.05, 4.69) is 24.9 Å². The smallest absolute Gasteiger partial charge is 0.267 e. The van der Waals surface area contributed by atoms with E-state index in [1.54, 1.807) is 12.1 Å². The minimum absolute atomic E-state index is 0.171. The molecule has 0 saturated carbocycles. The molecule has 0 amide bonds. The van der Waals surface area contributed by atoms with Gasteiger partial charge in [0.1, 0.15) is 17.5 Å². The van der Waals surface area contributed by atoms with Crippen LogP contribution >= 0.6 is 0 Å². The number of aromatic nitrogens is 2. The third-order valence-electron chi connectivity index (χ3n) is 4.83. The van der Waals surface area contributed by atoms with E-state index in [-0.39, 0.29) is 5.69 Å². The maximum atomic E-state index is 13.8. The summed E-state index contributed by atoms with van der Waals surface area (Å²) in [5.74, 6) is -1.01. The van der Waals surface area contributed by atoms with E-state index in [1.165, 1.54) is 12.1 Å². The van der Waals surface area contributed by atoms with Gasteiger partial charge in [-0.3, -0.25) is 4.72 Å². The highest BCUT2D eigenvalue weighted by Crippen LogP contribution is 2.25. The molecule has 3 aromatic rings. The van der Waals surface area contributed by atoms with Gasteiger partial charge in [-0.2, -0.15) is 4.98 Å². The van der Waals surface area contributed by atoms with Crippen molar-refractivity contribution in [2.24, 2.45) is 0 Å². The summed E-state index contributed by atoms with van der Waals surface area (Å²) < 4.78 is 54.7. The zero-order valence-corrected chi connectivity index (χ0v) is 17.6. The fraction of sp³-hybridized carbons (Fsp3) is 0.238. The zero-order chi connectivity index (χ0) is 22.0. The van der Waals surface area contributed by atoms with Crippen LogP contribution in [0, 0.1) is 18.6 Å². The highest BCUT2D eigenvalue weighted by Gasteiger charge is 2.24. The molecule has 0 aliphatic carbocycles. The molecule has 2 aromatic carbocycles. The highest BCUT2D eigenvalue weighted by atomic mass is 32.2. The van der Waals surface area contributed by atoms with Gasteiger partial charge >= 0.3 is 0 Å². The number of nitrogens with one attached hydrogen (secondary N) is 2. The molecule has 0 bridgehead atoms. The quantitative estimate of drug-likeness (QED) is 0.591. The van der Waals surface area contributed by atoms with E-state index in [9.17, 15) is 17.2 Å². The van der Waals surface area contributed by atoms with Crippen molar-refractivity contribution in [1.82, 2.24) is 9.97 Å². The van der Waals surface area contributed by atoms with Gasteiger partial charge in [0.15, 0.2) is 4.90 Å². The second-order valence-corrected chi connectivity index (χ2v) is 8.87. The molecular formula is C21H21F2N5O2S. The molecule has 1 fully saturated rings. The third kappa shape index (κ3) is 4.74. The summed E-state index contributed by atoms with van der Waals surface area (Å²) in [4.78, 5) is 10.2. The number of aryl methyl sites for hydroxylation is 1. The van der Waals surface area contributed by atoms with E-state index in [1.807, 2.05) is 13.0 Å². The van der Waals surface area contributed by atoms with Gasteiger partial charge in [-0.25, -0.2) is 22.2 Å². The minimum Gasteiger partial charge on any atom is -0.341 e. The first-order valence-corrected chi connectivity index (χ1v) is 11.2. The summed E-state index contributed by atoms with van der Waals surface area (Å²) >= 11 is 0. The average Bonchev–Trinajstić information content (AvgIpc) is 3.23. The van der Waals surface area contributed by atoms with Crippen LogP contribution in [0.4, 0.5) is 31.9 Å². The number of rotatable bonds is 6. The van der Waals surface area contributed by atoms with Crippen molar-refractivity contribution in [3.8, 4) is 0 Å². The Hall–Kier alpha value is -3.27. The van der Waals surface area contributed by atoms with Crippen LogP contribution in [-0.2, 0) is 10.0 Å². The fourth-order valence-electron chi connectivity index (χ4n) is 3.39. The van der Waals surface area contributed by atoms with Crippen LogP contribution in [0.3, 0.4) is 0 Å². The number of hydrogen-bond donors (Lipinski definition) is 2. The Kier molecular flexibility index (Phi) is 5.73. The van der Waals surface area contributed by atoms with Gasteiger partial charge in [0.05, 0.1) is 0 Å². The zero-order valence-electron chi connectivity index (χ0n) is 16.8. The molecule has 31 heavy (non-hydrogen) atoms. The normalized spacial score (nSPS) is 14.0. The summed E-state index contributed by atoms with van der Waals surface area (Å²) in [6, 6.07) is 11.0. The molecule has 162 valence electrons. The first-order valence-electron chi connectivity index (χ1n) is 9.76. The monoisotopic (exact) mass is 445 g/mol. The summed E-state index contributed by atoms with van der Waals surface area (Å²) in [6.07, 6.45) is 2.24. The van der Waals surface area contributed by atoms with Gasteiger partial charge < -0.3 is 10.2 Å². The van der Waals surface area contributed by atoms with Gasteiger partial charge in [0, 0.05) is 36.2 Å². The molecule has 2 heterocycles. The lowest BCUT2D eigenvalue weighted by molar-refractivity contribution is 0.521. The standard InChI is InChI=1S/C21H21F2N5O2S/c1-14-13-19(26-21(24-14)28-11-2-3-12-28)25-15-7-9-16(10-8-15)27-31(29,30)20-17(22)5-4-6-18(20)23/h4-10,13,27H,2-3,11-12H2,1H3,(H,24,25,26). The number of nitrogens with zero attached hydrogens (tertiary/aromatic N) is 3. The van der Waals surface area contributed by atoms with E-state index < -0.39 is 26.6 Å². The van der Waals surface area contributed by atoms with Crippen molar-refractivity contribution in [3.63, 3.8) is 0 Å². The lowest BCUT2D eigenvalue weighted by Gasteiger charge is -2.17. The molecule has 1 saturated heterocycles. The first kappa shape index (κ1) is 21.0. The molecule has 7 nitrogen and oxygen atoms in total. The van der Waals surface area contributed by atoms with Crippen LogP contribution in [0.25, 0.3) is 0 Å². The lowest BCUT2D eigenvalue weighted by atomic mass is 10.3. The summed E-state index contributed by atoms with van der Waals surface area (Å²) in [6.45, 7) is 3.76. The topological polar surface area (TPSA) is 87.2 Å². The van der Waals surface area contributed by atoms with Crippen LogP contribution in [0.1, 0.15) is 18.5 Å². The molecule has 2 N–H and O–H groups in total. The van der Waals surface area contributed by atoms with E-state index >= 15 is 0 Å². The second-order valence-electron chi connectivity index (χ2n) is 7.25. The molecule has 1 aliphatic rings. The number of sulfonamides is 1. The Bertz CT molecular complexity index is 1180. The third-order valence-corrected chi connectivity index (χ3v) is 6.26. The van der Waals surface area contributed by atoms with Crippen molar-refractivity contribution in [3.05, 3.63) is 65.9 Å². The molecule has 0 unspecified atom stereocenters. The van der Waals surface area contributed by atoms with Crippen LogP contribution in [0.15, 0.2) is 53.4 Å². The Balaban J connectivity index is 1.50. The maximum absolute atomic E-state index is 13.8. The Morgan fingerprint density at radius 3 is 2.19 bits per heavy atom. The van der Waals surface area contributed by atoms with Gasteiger partial charge in [-0.15, -0.1) is 0 Å². The van der Waals surface area contributed by atoms with E-state index in [4.69, 9.17) is 0 Å². The summed E-state index contributed by atoms with van der Waals surface area (Å²) in [5.41, 5.74) is 1.67. The van der Waals surface area contributed by atoms with Crippen LogP contribution in [0.5, 0.6) is 0 Å². The molecule has 0 radical (unpaired) electrons. The van der Waals surface area contributed by atoms with Crippen LogP contribution < -0.4 is 14.9 Å². The molecular weight excluding hydrogens is 424 g/mol. The van der Waals surface area contributed by atoms with Crippen molar-refractivity contribution >= 4 is 33.2 Å². The van der Waals surface area contributed by atoms with Crippen molar-refractivity contribution in [1.29, 1.82) is 0 Å². The SMILES string of the molecule is Cc1cc(Nc2ccc(NS(=O)(=O)c3c(F)cccc3F)cc2)nc(N2CCCC2)n1. The molecule has 10 heteroatoms. The predicted octanol–water partition coefficient (Wildman–Crippen LogP) is 4.21. The fourth-order valence-corrected chi connectivity index (χ4v) is 4.59. The van der Waals surface area contributed by atoms with Crippen LogP contribution in [-0.4, -0.2) is 31.5 Å². The number of halogens is 2. The molecule has 1 aliphatic heterocycles. The average molecular weight is 445 g/mol. The number of hydrogen-bond acceptors (Lipinski definition) is 6. The van der Waals surface area contributed by atoms with Crippen molar-refractivity contribution in [2.75, 3.05) is 28.0 Å². The summed E-state index contributed by atoms with van der Waals surface area (Å²) in [7, 11) is -4.41. The van der Waals surface area contributed by atoms with Gasteiger partial charge in [0.2, 0.25) is 5.95 Å². The molecule has 4 rings (SSSR count). The summed E-state index contributed by atoms with van der Waals surface area (Å²) in [5, 5.41) is 3.17. The highest BCUT2D eigenvalue weighted by molar-refractivity contribution is 7.92. The second kappa shape index (κ2) is 8.46. The largest absolute Gasteiger partial charge is 0.341 e. The Morgan fingerprint density at radius 1 is 0.935 bits per heavy atom. The first-order chi connectivity index (χ1) is 14.8. The Morgan fingerprint density at radius 2 is 1.55 bits per heavy atom. The van der Waals surface area contributed by atoms with E-state index in [0.717, 1.165) is 49.8 Å². The Labute approximate surface area is 179 Å². The van der Waals surface area contributed by atoms with Gasteiger partial charge in [0.25, 0.3) is 10.0 Å². The minimum atomic E-state index is -4.41. The van der Waals surface area contributed by atoms with Crippen LogP contribution in [0.2, 0.25) is 0 Å². The number of anilines is 4. The molecule has 0 spiro atoms. The maximum Gasteiger partial charge on any atom is 0.267 e.